The largest absolute Gasteiger partial charge is 0.457 e. The third-order valence-corrected chi connectivity index (χ3v) is 7.16. The maximum absolute atomic E-state index is 13.1. The van der Waals surface area contributed by atoms with Gasteiger partial charge in [0.2, 0.25) is 6.79 Å². The van der Waals surface area contributed by atoms with E-state index in [1.165, 1.54) is 36.5 Å². The molecule has 0 bridgehead atoms. The van der Waals surface area contributed by atoms with Gasteiger partial charge in [0.1, 0.15) is 24.2 Å². The van der Waals surface area contributed by atoms with Crippen LogP contribution in [-0.2, 0) is 10.0 Å². The van der Waals surface area contributed by atoms with Gasteiger partial charge in [-0.15, -0.1) is 0 Å². The second kappa shape index (κ2) is 8.15. The maximum atomic E-state index is 13.1. The van der Waals surface area contributed by atoms with E-state index in [4.69, 9.17) is 19.9 Å². The molecule has 0 amide bonds. The molecule has 170 valence electrons. The first-order valence-electron chi connectivity index (χ1n) is 9.56. The summed E-state index contributed by atoms with van der Waals surface area (Å²) >= 11 is 0. The smallest absolute Gasteiger partial charge is 0.408 e. The Morgan fingerprint density at radius 3 is 2.41 bits per heavy atom. The molecule has 2 aromatic carbocycles. The number of benzene rings is 2. The molecule has 0 radical (unpaired) electrons. The number of nitrogens with two attached hydrogens (primary N) is 1. The van der Waals surface area contributed by atoms with Gasteiger partial charge in [-0.2, -0.15) is 25.5 Å². The van der Waals surface area contributed by atoms with Crippen LogP contribution >= 0.6 is 0 Å². The number of ether oxygens (including phenoxy) is 3. The van der Waals surface area contributed by atoms with Gasteiger partial charge in [0, 0.05) is 30.3 Å². The van der Waals surface area contributed by atoms with Crippen LogP contribution in [0.4, 0.5) is 18.9 Å². The molecule has 2 aliphatic heterocycles. The van der Waals surface area contributed by atoms with E-state index < -0.39 is 25.8 Å². The minimum atomic E-state index is -4.88. The third-order valence-electron chi connectivity index (χ3n) is 5.01. The molecule has 2 aliphatic rings. The van der Waals surface area contributed by atoms with E-state index >= 15 is 0 Å². The minimum absolute atomic E-state index is 0.0106. The van der Waals surface area contributed by atoms with E-state index in [1.807, 2.05) is 0 Å². The Labute approximate surface area is 182 Å². The third kappa shape index (κ3) is 4.31. The molecule has 2 N–H and O–H groups in total. The summed E-state index contributed by atoms with van der Waals surface area (Å²) in [6.45, 7) is -0.0831. The zero-order valence-electron chi connectivity index (χ0n) is 16.7. The quantitative estimate of drug-likeness (QED) is 0.648. The summed E-state index contributed by atoms with van der Waals surface area (Å²) in [7, 11) is -4.72. The molecule has 32 heavy (non-hydrogen) atoms. The van der Waals surface area contributed by atoms with Crippen molar-refractivity contribution >= 4 is 15.7 Å². The van der Waals surface area contributed by atoms with Crippen molar-refractivity contribution < 1.29 is 35.8 Å². The van der Waals surface area contributed by atoms with E-state index in [0.29, 0.717) is 28.6 Å². The molecular weight excluding hydrogens is 449 g/mol. The highest BCUT2D eigenvalue weighted by molar-refractivity contribution is 7.91. The number of rotatable bonds is 6. The lowest BCUT2D eigenvalue weighted by atomic mass is 10.2. The Morgan fingerprint density at radius 1 is 1.03 bits per heavy atom. The van der Waals surface area contributed by atoms with Gasteiger partial charge in [0.25, 0.3) is 0 Å². The lowest BCUT2D eigenvalue weighted by molar-refractivity contribution is -0.106. The molecule has 1 unspecified atom stereocenters. The van der Waals surface area contributed by atoms with Crippen LogP contribution in [0.5, 0.6) is 23.0 Å². The summed E-state index contributed by atoms with van der Waals surface area (Å²) in [4.78, 5) is 0. The normalized spacial score (nSPS) is 20.2. The van der Waals surface area contributed by atoms with Gasteiger partial charge in [-0.3, -0.25) is 0 Å². The van der Waals surface area contributed by atoms with E-state index in [9.17, 15) is 21.6 Å². The Bertz CT molecular complexity index is 1180. The second-order valence-electron chi connectivity index (χ2n) is 7.24. The standard InChI is InChI=1S/C21H20F3N2O5S/c22-21(23,24)13-32(27,28)26(9-1-2-15(11-25)12-26)16-3-5-17(6-4-16)31-18-7-8-19-20(10-18)30-14-29-19/h1-8,10,12H,9,11,13-14,25H2/q+1. The van der Waals surface area contributed by atoms with Crippen molar-refractivity contribution in [3.05, 3.63) is 66.4 Å². The number of nitrogens with zero attached hydrogens (tertiary/aromatic N) is 1. The zero-order valence-corrected chi connectivity index (χ0v) is 17.5. The summed E-state index contributed by atoms with van der Waals surface area (Å²) in [6.07, 6.45) is -0.511. The topological polar surface area (TPSA) is 87.8 Å². The highest BCUT2D eigenvalue weighted by Gasteiger charge is 2.50. The van der Waals surface area contributed by atoms with Crippen LogP contribution in [-0.4, -0.2) is 40.2 Å². The second-order valence-corrected chi connectivity index (χ2v) is 9.35. The van der Waals surface area contributed by atoms with Crippen LogP contribution in [0.15, 0.2) is 66.4 Å². The van der Waals surface area contributed by atoms with Gasteiger partial charge in [0.05, 0.1) is 0 Å². The molecule has 2 aromatic rings. The van der Waals surface area contributed by atoms with Crippen LogP contribution < -0.4 is 23.8 Å². The van der Waals surface area contributed by atoms with Crippen molar-refractivity contribution in [1.29, 1.82) is 0 Å². The van der Waals surface area contributed by atoms with Crippen molar-refractivity contribution in [3.8, 4) is 23.0 Å². The van der Waals surface area contributed by atoms with E-state index in [0.717, 1.165) is 0 Å². The molecule has 0 saturated carbocycles. The molecule has 0 aliphatic carbocycles. The fourth-order valence-electron chi connectivity index (χ4n) is 3.54. The van der Waals surface area contributed by atoms with E-state index in [2.05, 4.69) is 0 Å². The van der Waals surface area contributed by atoms with Gasteiger partial charge in [-0.25, -0.2) is 0 Å². The Morgan fingerprint density at radius 2 is 1.72 bits per heavy atom. The van der Waals surface area contributed by atoms with E-state index in [1.54, 1.807) is 24.3 Å². The van der Waals surface area contributed by atoms with Crippen LogP contribution in [0, 0.1) is 0 Å². The van der Waals surface area contributed by atoms with Crippen LogP contribution in [0.1, 0.15) is 0 Å². The molecule has 1 atom stereocenters. The molecule has 0 spiro atoms. The first-order chi connectivity index (χ1) is 15.1. The fourth-order valence-corrected chi connectivity index (χ4v) is 5.24. The van der Waals surface area contributed by atoms with Crippen LogP contribution in [0.3, 0.4) is 0 Å². The summed E-state index contributed by atoms with van der Waals surface area (Å²) in [5.74, 6) is -0.00932. The van der Waals surface area contributed by atoms with Crippen LogP contribution in [0.25, 0.3) is 0 Å². The number of hydrogen-bond donors (Lipinski definition) is 1. The zero-order chi connectivity index (χ0) is 23.0. The van der Waals surface area contributed by atoms with Crippen molar-refractivity contribution in [2.24, 2.45) is 5.73 Å². The molecule has 11 heteroatoms. The molecular formula is C21H20F3N2O5S+. The molecule has 2 heterocycles. The van der Waals surface area contributed by atoms with Gasteiger partial charge < -0.3 is 19.9 Å². The van der Waals surface area contributed by atoms with Gasteiger partial charge in [-0.1, -0.05) is 6.08 Å². The predicted octanol–water partition coefficient (Wildman–Crippen LogP) is 3.82. The Kier molecular flexibility index (Phi) is 5.65. The number of hydrogen-bond acceptors (Lipinski definition) is 6. The summed E-state index contributed by atoms with van der Waals surface area (Å²) in [5.41, 5.74) is 6.20. The highest BCUT2D eigenvalue weighted by Crippen LogP contribution is 2.39. The molecule has 7 nitrogen and oxygen atoms in total. The first-order valence-corrected chi connectivity index (χ1v) is 11.2. The highest BCUT2D eigenvalue weighted by atomic mass is 32.2. The van der Waals surface area contributed by atoms with Crippen molar-refractivity contribution in [3.63, 3.8) is 0 Å². The summed E-state index contributed by atoms with van der Waals surface area (Å²) < 4.78 is 80.4. The van der Waals surface area contributed by atoms with Crippen LogP contribution in [0.2, 0.25) is 0 Å². The average molecular weight is 469 g/mol. The summed E-state index contributed by atoms with van der Waals surface area (Å²) in [5, 5.41) is 0. The maximum Gasteiger partial charge on any atom is 0.408 e. The monoisotopic (exact) mass is 469 g/mol. The number of alkyl halides is 3. The van der Waals surface area contributed by atoms with Crippen molar-refractivity contribution in [2.45, 2.75) is 6.18 Å². The SMILES string of the molecule is NCC1=C[N+](c2ccc(Oc3ccc4c(c3)OCO4)cc2)(S(=O)(=O)CC(F)(F)F)CC=C1. The lowest BCUT2D eigenvalue weighted by Crippen LogP contribution is -2.54. The number of sulfonamides is 1. The molecule has 4 rings (SSSR count). The minimum Gasteiger partial charge on any atom is -0.457 e. The van der Waals surface area contributed by atoms with Crippen molar-refractivity contribution in [1.82, 2.24) is 3.89 Å². The predicted molar refractivity (Wildman–Crippen MR) is 112 cm³/mol. The fraction of sp³-hybridized carbons (Fsp3) is 0.238. The summed E-state index contributed by atoms with van der Waals surface area (Å²) in [6, 6.07) is 10.9. The van der Waals surface area contributed by atoms with Gasteiger partial charge in [0.15, 0.2) is 22.9 Å². The first kappa shape index (κ1) is 22.2. The lowest BCUT2D eigenvalue weighted by Gasteiger charge is -2.34. The van der Waals surface area contributed by atoms with E-state index in [-0.39, 0.29) is 25.6 Å². The number of halogens is 3. The van der Waals surface area contributed by atoms with Gasteiger partial charge in [-0.05, 0) is 30.3 Å². The van der Waals surface area contributed by atoms with Gasteiger partial charge >= 0.3 is 16.2 Å². The molecule has 0 fully saturated rings. The Hall–Kier alpha value is -3.02. The number of fused-ring (bicyclic) bond motifs is 1. The molecule has 0 aromatic heterocycles. The average Bonchev–Trinajstić information content (AvgIpc) is 3.20. The van der Waals surface area contributed by atoms with Crippen molar-refractivity contribution in [2.75, 3.05) is 25.6 Å². The molecule has 0 saturated heterocycles. The number of quaternary nitrogens is 1. The Balaban J connectivity index is 1.67.